The molecular weight excluding hydrogens is 408 g/mol. The number of rotatable bonds is 6. The number of fused-ring (bicyclic) bond motifs is 1. The van der Waals surface area contributed by atoms with Crippen molar-refractivity contribution in [3.05, 3.63) is 30.6 Å². The SMILES string of the molecule is COc1cccc(OC(C)C(=O)N2CCCC([C@@H]3C[C@H](C(F)F)n4ncnc4N3)C2)c1. The second-order valence-corrected chi connectivity index (χ2v) is 8.04. The van der Waals surface area contributed by atoms with E-state index in [-0.39, 0.29) is 24.3 Å². The van der Waals surface area contributed by atoms with Crippen LogP contribution in [0.5, 0.6) is 11.5 Å². The van der Waals surface area contributed by atoms with Crippen LogP contribution in [0.4, 0.5) is 14.7 Å². The summed E-state index contributed by atoms with van der Waals surface area (Å²) < 4.78 is 39.4. The van der Waals surface area contributed by atoms with Gasteiger partial charge in [-0.05, 0) is 44.2 Å². The summed E-state index contributed by atoms with van der Waals surface area (Å²) in [5.74, 6) is 1.51. The van der Waals surface area contributed by atoms with Gasteiger partial charge in [0.2, 0.25) is 5.95 Å². The molecule has 1 aromatic heterocycles. The van der Waals surface area contributed by atoms with E-state index in [2.05, 4.69) is 15.4 Å². The Hall–Kier alpha value is -2.91. The number of hydrogen-bond acceptors (Lipinski definition) is 6. The molecule has 0 saturated carbocycles. The first-order valence-electron chi connectivity index (χ1n) is 10.5. The zero-order valence-corrected chi connectivity index (χ0v) is 17.6. The van der Waals surface area contributed by atoms with E-state index in [1.165, 1.54) is 11.0 Å². The van der Waals surface area contributed by atoms with Crippen LogP contribution in [0.25, 0.3) is 0 Å². The Morgan fingerprint density at radius 1 is 1.32 bits per heavy atom. The molecule has 1 fully saturated rings. The van der Waals surface area contributed by atoms with Crippen molar-refractivity contribution in [2.45, 2.75) is 50.8 Å². The fourth-order valence-corrected chi connectivity index (χ4v) is 4.43. The quantitative estimate of drug-likeness (QED) is 0.751. The lowest BCUT2D eigenvalue weighted by molar-refractivity contribution is -0.140. The number of hydrogen-bond donors (Lipinski definition) is 1. The van der Waals surface area contributed by atoms with E-state index in [4.69, 9.17) is 9.47 Å². The maximum absolute atomic E-state index is 13.6. The van der Waals surface area contributed by atoms with Crippen molar-refractivity contribution in [2.75, 3.05) is 25.5 Å². The minimum absolute atomic E-state index is 0.0495. The first kappa shape index (κ1) is 21.3. The van der Waals surface area contributed by atoms with Crippen molar-refractivity contribution in [3.63, 3.8) is 0 Å². The van der Waals surface area contributed by atoms with Crippen LogP contribution in [0, 0.1) is 5.92 Å². The van der Waals surface area contributed by atoms with Gasteiger partial charge in [0, 0.05) is 25.2 Å². The Labute approximate surface area is 179 Å². The summed E-state index contributed by atoms with van der Waals surface area (Å²) in [6.07, 6.45) is 0.0125. The zero-order chi connectivity index (χ0) is 22.0. The van der Waals surface area contributed by atoms with E-state index in [0.29, 0.717) is 30.5 Å². The monoisotopic (exact) mass is 435 g/mol. The maximum Gasteiger partial charge on any atom is 0.263 e. The molecule has 1 N–H and O–H groups in total. The van der Waals surface area contributed by atoms with Gasteiger partial charge in [0.1, 0.15) is 23.9 Å². The van der Waals surface area contributed by atoms with E-state index >= 15 is 0 Å². The second-order valence-electron chi connectivity index (χ2n) is 8.04. The molecule has 168 valence electrons. The van der Waals surface area contributed by atoms with E-state index in [9.17, 15) is 13.6 Å². The molecule has 3 heterocycles. The van der Waals surface area contributed by atoms with Gasteiger partial charge >= 0.3 is 0 Å². The predicted molar refractivity (Wildman–Crippen MR) is 109 cm³/mol. The molecule has 8 nitrogen and oxygen atoms in total. The number of amides is 1. The minimum atomic E-state index is -2.53. The number of benzene rings is 1. The van der Waals surface area contributed by atoms with Gasteiger partial charge in [-0.1, -0.05) is 6.07 Å². The third kappa shape index (κ3) is 4.57. The fraction of sp³-hybridized carbons (Fsp3) is 0.571. The molecule has 1 aromatic carbocycles. The van der Waals surface area contributed by atoms with Crippen LogP contribution >= 0.6 is 0 Å². The number of piperidine rings is 1. The number of aromatic nitrogens is 3. The van der Waals surface area contributed by atoms with Crippen LogP contribution in [0.3, 0.4) is 0 Å². The number of nitrogens with zero attached hydrogens (tertiary/aromatic N) is 4. The lowest BCUT2D eigenvalue weighted by Crippen LogP contribution is -2.50. The summed E-state index contributed by atoms with van der Waals surface area (Å²) in [5.41, 5.74) is 0. The number of methoxy groups -OCH3 is 1. The molecule has 4 atom stereocenters. The lowest BCUT2D eigenvalue weighted by atomic mass is 9.86. The number of likely N-dealkylation sites (tertiary alicyclic amines) is 1. The summed E-state index contributed by atoms with van der Waals surface area (Å²) >= 11 is 0. The molecule has 2 aliphatic heterocycles. The lowest BCUT2D eigenvalue weighted by Gasteiger charge is -2.41. The number of alkyl halides is 2. The molecule has 2 unspecified atom stereocenters. The molecule has 0 aliphatic carbocycles. The van der Waals surface area contributed by atoms with Crippen LogP contribution in [0.2, 0.25) is 0 Å². The standard InChI is InChI=1S/C21H27F2N5O3/c1-13(31-16-7-3-6-15(9-16)30-2)20(29)27-8-4-5-14(11-27)17-10-18(19(22)23)28-21(26-17)24-12-25-28/h3,6-7,9,12-14,17-19H,4-5,8,10-11H2,1-2H3,(H,24,25,26)/t13?,14?,17-,18+/m0/s1. The Morgan fingerprint density at radius 2 is 2.13 bits per heavy atom. The molecule has 1 saturated heterocycles. The largest absolute Gasteiger partial charge is 0.497 e. The Morgan fingerprint density at radius 3 is 2.90 bits per heavy atom. The Balaban J connectivity index is 1.40. The van der Waals surface area contributed by atoms with Gasteiger partial charge < -0.3 is 19.7 Å². The van der Waals surface area contributed by atoms with Gasteiger partial charge in [0.05, 0.1) is 7.11 Å². The first-order valence-corrected chi connectivity index (χ1v) is 10.5. The number of carbonyl (C=O) groups excluding carboxylic acids is 1. The van der Waals surface area contributed by atoms with Crippen LogP contribution in [0.1, 0.15) is 32.2 Å². The molecule has 10 heteroatoms. The van der Waals surface area contributed by atoms with Crippen LogP contribution in [0.15, 0.2) is 30.6 Å². The summed E-state index contributed by atoms with van der Waals surface area (Å²) in [5, 5.41) is 7.18. The number of carbonyl (C=O) groups is 1. The van der Waals surface area contributed by atoms with Gasteiger partial charge in [0.25, 0.3) is 12.3 Å². The molecule has 1 amide bonds. The van der Waals surface area contributed by atoms with Gasteiger partial charge in [-0.2, -0.15) is 10.1 Å². The van der Waals surface area contributed by atoms with E-state index in [1.54, 1.807) is 43.2 Å². The van der Waals surface area contributed by atoms with Gasteiger partial charge in [-0.3, -0.25) is 4.79 Å². The zero-order valence-electron chi connectivity index (χ0n) is 17.6. The molecule has 31 heavy (non-hydrogen) atoms. The average molecular weight is 435 g/mol. The fourth-order valence-electron chi connectivity index (χ4n) is 4.43. The van der Waals surface area contributed by atoms with Crippen LogP contribution in [-0.2, 0) is 4.79 Å². The highest BCUT2D eigenvalue weighted by atomic mass is 19.3. The summed E-state index contributed by atoms with van der Waals surface area (Å²) in [6.45, 7) is 2.84. The minimum Gasteiger partial charge on any atom is -0.497 e. The van der Waals surface area contributed by atoms with Crippen molar-refractivity contribution in [1.82, 2.24) is 19.7 Å². The van der Waals surface area contributed by atoms with Crippen molar-refractivity contribution in [3.8, 4) is 11.5 Å². The predicted octanol–water partition coefficient (Wildman–Crippen LogP) is 2.98. The van der Waals surface area contributed by atoms with E-state index in [1.807, 2.05) is 0 Å². The van der Waals surface area contributed by atoms with Crippen molar-refractivity contribution < 1.29 is 23.0 Å². The molecular formula is C21H27F2N5O3. The number of anilines is 1. The van der Waals surface area contributed by atoms with Gasteiger partial charge in [-0.15, -0.1) is 0 Å². The molecule has 0 bridgehead atoms. The van der Waals surface area contributed by atoms with E-state index in [0.717, 1.165) is 12.8 Å². The number of nitrogens with one attached hydrogen (secondary N) is 1. The van der Waals surface area contributed by atoms with Crippen molar-refractivity contribution in [2.24, 2.45) is 5.92 Å². The number of ether oxygens (including phenoxy) is 2. The average Bonchev–Trinajstić information content (AvgIpc) is 3.26. The van der Waals surface area contributed by atoms with Crippen LogP contribution < -0.4 is 14.8 Å². The van der Waals surface area contributed by atoms with Crippen molar-refractivity contribution >= 4 is 11.9 Å². The highest BCUT2D eigenvalue weighted by Crippen LogP contribution is 2.35. The topological polar surface area (TPSA) is 81.5 Å². The third-order valence-electron chi connectivity index (χ3n) is 6.03. The number of halogens is 2. The smallest absolute Gasteiger partial charge is 0.263 e. The molecule has 0 radical (unpaired) electrons. The highest BCUT2D eigenvalue weighted by molar-refractivity contribution is 5.81. The first-order chi connectivity index (χ1) is 15.0. The molecule has 0 spiro atoms. The summed E-state index contributed by atoms with van der Waals surface area (Å²) in [7, 11) is 1.57. The maximum atomic E-state index is 13.6. The van der Waals surface area contributed by atoms with E-state index < -0.39 is 18.6 Å². The molecule has 2 aliphatic rings. The summed E-state index contributed by atoms with van der Waals surface area (Å²) in [4.78, 5) is 18.9. The molecule has 2 aromatic rings. The van der Waals surface area contributed by atoms with Gasteiger partial charge in [-0.25, -0.2) is 13.5 Å². The Bertz CT molecular complexity index is 909. The third-order valence-corrected chi connectivity index (χ3v) is 6.03. The second kappa shape index (κ2) is 9.07. The highest BCUT2D eigenvalue weighted by Gasteiger charge is 2.39. The van der Waals surface area contributed by atoms with Crippen LogP contribution in [-0.4, -0.2) is 64.3 Å². The summed E-state index contributed by atoms with van der Waals surface area (Å²) in [6, 6.07) is 5.91. The van der Waals surface area contributed by atoms with Gasteiger partial charge in [0.15, 0.2) is 6.10 Å². The Kier molecular flexibility index (Phi) is 6.24. The van der Waals surface area contributed by atoms with Crippen molar-refractivity contribution in [1.29, 1.82) is 0 Å². The molecule has 4 rings (SSSR count). The normalized spacial score (nSPS) is 24.3.